The number of aromatic nitrogens is 4. The predicted octanol–water partition coefficient (Wildman–Crippen LogP) is 2.82. The average Bonchev–Trinajstić information content (AvgIpc) is 3.04. The second-order valence-corrected chi connectivity index (χ2v) is 5.24. The van der Waals surface area contributed by atoms with Gasteiger partial charge in [0.25, 0.3) is 5.91 Å². The molecule has 1 N–H and O–H groups in total. The molecule has 0 fully saturated rings. The molecule has 0 radical (unpaired) electrons. The van der Waals surface area contributed by atoms with Gasteiger partial charge >= 0.3 is 0 Å². The highest BCUT2D eigenvalue weighted by atomic mass is 79.9. The summed E-state index contributed by atoms with van der Waals surface area (Å²) in [7, 11) is 0. The smallest absolute Gasteiger partial charge is 0.255 e. The molecule has 1 heterocycles. The molecule has 0 bridgehead atoms. The molecule has 1 amide bonds. The predicted molar refractivity (Wildman–Crippen MR) is 81.2 cm³/mol. The number of hydrogen-bond donors (Lipinski definition) is 1. The summed E-state index contributed by atoms with van der Waals surface area (Å²) >= 11 is 3.21. The monoisotopic (exact) mass is 361 g/mol. The van der Waals surface area contributed by atoms with Crippen molar-refractivity contribution in [2.75, 3.05) is 5.32 Å². The molecule has 3 rings (SSSR count). The molecule has 8 heteroatoms. The summed E-state index contributed by atoms with van der Waals surface area (Å²) in [6, 6.07) is 10.9. The van der Waals surface area contributed by atoms with E-state index in [2.05, 4.69) is 36.8 Å². The first-order valence-electron chi connectivity index (χ1n) is 6.23. The fraction of sp³-hybridized carbons (Fsp3) is 0. The van der Waals surface area contributed by atoms with E-state index < -0.39 is 0 Å². The van der Waals surface area contributed by atoms with Gasteiger partial charge in [-0.1, -0.05) is 6.07 Å². The van der Waals surface area contributed by atoms with Crippen LogP contribution in [0, 0.1) is 5.82 Å². The number of rotatable bonds is 3. The zero-order valence-corrected chi connectivity index (χ0v) is 12.7. The lowest BCUT2D eigenvalue weighted by molar-refractivity contribution is 0.102. The molecule has 110 valence electrons. The number of nitrogens with zero attached hydrogens (tertiary/aromatic N) is 4. The van der Waals surface area contributed by atoms with Crippen LogP contribution in [-0.4, -0.2) is 26.1 Å². The number of anilines is 1. The van der Waals surface area contributed by atoms with E-state index >= 15 is 0 Å². The maximum Gasteiger partial charge on any atom is 0.255 e. The highest BCUT2D eigenvalue weighted by Crippen LogP contribution is 2.23. The number of hydrogen-bond acceptors (Lipinski definition) is 4. The van der Waals surface area contributed by atoms with Crippen molar-refractivity contribution < 1.29 is 9.18 Å². The molecular formula is C14H9BrFN5O. The molecule has 0 saturated heterocycles. The van der Waals surface area contributed by atoms with E-state index in [-0.39, 0.29) is 11.7 Å². The number of carbonyl (C=O) groups is 1. The van der Waals surface area contributed by atoms with Gasteiger partial charge in [-0.3, -0.25) is 4.79 Å². The lowest BCUT2D eigenvalue weighted by atomic mass is 10.2. The number of benzene rings is 2. The van der Waals surface area contributed by atoms with Crippen LogP contribution in [0.25, 0.3) is 5.69 Å². The Bertz CT molecular complexity index is 822. The molecule has 0 spiro atoms. The quantitative estimate of drug-likeness (QED) is 0.778. The summed E-state index contributed by atoms with van der Waals surface area (Å²) in [4.78, 5) is 12.3. The third-order valence-corrected chi connectivity index (χ3v) is 3.56. The van der Waals surface area contributed by atoms with Gasteiger partial charge in [0.1, 0.15) is 12.1 Å². The molecule has 0 aliphatic heterocycles. The van der Waals surface area contributed by atoms with E-state index in [1.54, 1.807) is 24.3 Å². The van der Waals surface area contributed by atoms with Crippen molar-refractivity contribution in [3.05, 3.63) is 64.6 Å². The minimum absolute atomic E-state index is 0.317. The van der Waals surface area contributed by atoms with Gasteiger partial charge < -0.3 is 5.32 Å². The topological polar surface area (TPSA) is 72.7 Å². The van der Waals surface area contributed by atoms with Gasteiger partial charge in [-0.15, -0.1) is 5.10 Å². The molecule has 1 aromatic heterocycles. The Hall–Kier alpha value is -2.61. The second kappa shape index (κ2) is 6.02. The largest absolute Gasteiger partial charge is 0.321 e. The highest BCUT2D eigenvalue weighted by molar-refractivity contribution is 9.10. The Morgan fingerprint density at radius 2 is 2.09 bits per heavy atom. The van der Waals surface area contributed by atoms with E-state index in [1.807, 2.05) is 0 Å². The zero-order valence-electron chi connectivity index (χ0n) is 11.1. The van der Waals surface area contributed by atoms with Gasteiger partial charge in [0.2, 0.25) is 0 Å². The third kappa shape index (κ3) is 3.01. The minimum Gasteiger partial charge on any atom is -0.321 e. The Balaban J connectivity index is 1.85. The highest BCUT2D eigenvalue weighted by Gasteiger charge is 2.10. The Kier molecular flexibility index (Phi) is 3.92. The van der Waals surface area contributed by atoms with Crippen LogP contribution in [0.1, 0.15) is 10.4 Å². The average molecular weight is 362 g/mol. The van der Waals surface area contributed by atoms with Crippen molar-refractivity contribution >= 4 is 27.5 Å². The van der Waals surface area contributed by atoms with Crippen molar-refractivity contribution in [2.24, 2.45) is 0 Å². The number of nitrogens with one attached hydrogen (secondary N) is 1. The Labute approximate surface area is 133 Å². The van der Waals surface area contributed by atoms with Crippen LogP contribution >= 0.6 is 15.9 Å². The van der Waals surface area contributed by atoms with Crippen molar-refractivity contribution in [2.45, 2.75) is 0 Å². The molecule has 0 atom stereocenters. The van der Waals surface area contributed by atoms with Crippen LogP contribution < -0.4 is 5.32 Å². The van der Waals surface area contributed by atoms with E-state index in [1.165, 1.54) is 29.2 Å². The minimum atomic E-state index is -0.384. The van der Waals surface area contributed by atoms with Crippen LogP contribution in [0.4, 0.5) is 10.1 Å². The van der Waals surface area contributed by atoms with Crippen LogP contribution in [0.2, 0.25) is 0 Å². The van der Waals surface area contributed by atoms with Crippen molar-refractivity contribution in [1.29, 1.82) is 0 Å². The van der Waals surface area contributed by atoms with Crippen LogP contribution in [0.5, 0.6) is 0 Å². The molecule has 3 aromatic rings. The van der Waals surface area contributed by atoms with Gasteiger partial charge in [-0.25, -0.2) is 9.07 Å². The lowest BCUT2D eigenvalue weighted by Gasteiger charge is -2.08. The molecule has 0 saturated carbocycles. The SMILES string of the molecule is O=C(Nc1ccc(F)cc1Br)c1cccc(-n2cnnn2)c1. The van der Waals surface area contributed by atoms with Crippen molar-refractivity contribution in [3.63, 3.8) is 0 Å². The Morgan fingerprint density at radius 1 is 1.23 bits per heavy atom. The van der Waals surface area contributed by atoms with Crippen molar-refractivity contribution in [3.8, 4) is 5.69 Å². The van der Waals surface area contributed by atoms with Gasteiger partial charge in [-0.2, -0.15) is 0 Å². The molecule has 6 nitrogen and oxygen atoms in total. The third-order valence-electron chi connectivity index (χ3n) is 2.90. The molecule has 22 heavy (non-hydrogen) atoms. The fourth-order valence-corrected chi connectivity index (χ4v) is 2.30. The van der Waals surface area contributed by atoms with Gasteiger partial charge in [-0.05, 0) is 62.8 Å². The molecule has 0 aliphatic carbocycles. The Morgan fingerprint density at radius 3 is 2.82 bits per heavy atom. The first-order chi connectivity index (χ1) is 10.6. The van der Waals surface area contributed by atoms with E-state index in [0.29, 0.717) is 21.4 Å². The maximum absolute atomic E-state index is 13.1. The maximum atomic E-state index is 13.1. The summed E-state index contributed by atoms with van der Waals surface area (Å²) in [6.45, 7) is 0. The number of halogens is 2. The normalized spacial score (nSPS) is 10.5. The first-order valence-corrected chi connectivity index (χ1v) is 7.02. The molecule has 0 unspecified atom stereocenters. The number of amides is 1. The van der Waals surface area contributed by atoms with Gasteiger partial charge in [0.15, 0.2) is 0 Å². The van der Waals surface area contributed by atoms with E-state index in [9.17, 15) is 9.18 Å². The summed E-state index contributed by atoms with van der Waals surface area (Å²) in [5.74, 6) is -0.701. The lowest BCUT2D eigenvalue weighted by Crippen LogP contribution is -2.13. The van der Waals surface area contributed by atoms with Gasteiger partial charge in [0.05, 0.1) is 11.4 Å². The van der Waals surface area contributed by atoms with Crippen LogP contribution in [0.15, 0.2) is 53.3 Å². The fourth-order valence-electron chi connectivity index (χ4n) is 1.85. The van der Waals surface area contributed by atoms with Crippen LogP contribution in [-0.2, 0) is 0 Å². The van der Waals surface area contributed by atoms with E-state index in [4.69, 9.17) is 0 Å². The standard InChI is InChI=1S/C14H9BrFN5O/c15-12-7-10(16)4-5-13(12)18-14(22)9-2-1-3-11(6-9)21-8-17-19-20-21/h1-8H,(H,18,22). The molecule has 0 aliphatic rings. The molecular weight excluding hydrogens is 353 g/mol. The first kappa shape index (κ1) is 14.3. The number of carbonyl (C=O) groups excluding carboxylic acids is 1. The molecule has 2 aromatic carbocycles. The van der Waals surface area contributed by atoms with Crippen molar-refractivity contribution in [1.82, 2.24) is 20.2 Å². The summed E-state index contributed by atoms with van der Waals surface area (Å²) in [5, 5.41) is 13.6. The van der Waals surface area contributed by atoms with E-state index in [0.717, 1.165) is 0 Å². The second-order valence-electron chi connectivity index (χ2n) is 4.38. The zero-order chi connectivity index (χ0) is 15.5. The van der Waals surface area contributed by atoms with Crippen LogP contribution in [0.3, 0.4) is 0 Å². The number of tetrazole rings is 1. The summed E-state index contributed by atoms with van der Waals surface area (Å²) in [6.07, 6.45) is 1.44. The van der Waals surface area contributed by atoms with Gasteiger partial charge in [0, 0.05) is 10.0 Å². The summed E-state index contributed by atoms with van der Waals surface area (Å²) in [5.41, 5.74) is 1.58. The summed E-state index contributed by atoms with van der Waals surface area (Å²) < 4.78 is 15.0.